The number of thiophene rings is 1. The molecule has 2 amide bonds. The Morgan fingerprint density at radius 3 is 2.52 bits per heavy atom. The maximum absolute atomic E-state index is 12.2. The number of rotatable bonds is 3. The summed E-state index contributed by atoms with van der Waals surface area (Å²) < 4.78 is 0. The number of amides is 2. The summed E-state index contributed by atoms with van der Waals surface area (Å²) in [7, 11) is 0. The molecule has 116 valence electrons. The summed E-state index contributed by atoms with van der Waals surface area (Å²) in [6.07, 6.45) is 0. The van der Waals surface area contributed by atoms with Crippen LogP contribution in [0.15, 0.2) is 48.5 Å². The molecule has 0 fully saturated rings. The molecule has 5 nitrogen and oxygen atoms in total. The third kappa shape index (κ3) is 3.17. The van der Waals surface area contributed by atoms with E-state index in [1.165, 1.54) is 0 Å². The van der Waals surface area contributed by atoms with Gasteiger partial charge in [-0.1, -0.05) is 36.4 Å². The highest BCUT2D eigenvalue weighted by molar-refractivity contribution is 7.18. The summed E-state index contributed by atoms with van der Waals surface area (Å²) in [6.45, 7) is 1.70. The average Bonchev–Trinajstić information content (AvgIpc) is 2.88. The lowest BCUT2D eigenvalue weighted by molar-refractivity contribution is 0.0701. The fraction of sp³-hybridized carbons (Fsp3) is 0.0588. The summed E-state index contributed by atoms with van der Waals surface area (Å²) >= 11 is 1.04. The van der Waals surface area contributed by atoms with Crippen molar-refractivity contribution in [2.45, 2.75) is 6.92 Å². The van der Waals surface area contributed by atoms with Crippen molar-refractivity contribution in [1.82, 2.24) is 0 Å². The number of hydrogen-bond donors (Lipinski definition) is 3. The summed E-state index contributed by atoms with van der Waals surface area (Å²) in [5.74, 6) is -0.991. The van der Waals surface area contributed by atoms with Crippen LogP contribution in [0.3, 0.4) is 0 Å². The summed E-state index contributed by atoms with van der Waals surface area (Å²) in [5, 5.41) is 17.0. The van der Waals surface area contributed by atoms with E-state index in [0.717, 1.165) is 22.1 Å². The molecule has 3 rings (SSSR count). The zero-order valence-corrected chi connectivity index (χ0v) is 13.1. The fourth-order valence-corrected chi connectivity index (χ4v) is 3.26. The molecule has 3 N–H and O–H groups in total. The van der Waals surface area contributed by atoms with Crippen LogP contribution in [0.2, 0.25) is 0 Å². The number of anilines is 2. The first-order valence-corrected chi connectivity index (χ1v) is 7.76. The highest BCUT2D eigenvalue weighted by Gasteiger charge is 2.14. The molecule has 0 bridgehead atoms. The highest BCUT2D eigenvalue weighted by atomic mass is 32.1. The molecular weight excluding hydrogens is 312 g/mol. The van der Waals surface area contributed by atoms with E-state index in [2.05, 4.69) is 10.6 Å². The van der Waals surface area contributed by atoms with Gasteiger partial charge in [0.1, 0.15) is 4.88 Å². The molecule has 0 unspecified atom stereocenters. The first kappa shape index (κ1) is 15.1. The van der Waals surface area contributed by atoms with Gasteiger partial charge in [0.15, 0.2) is 0 Å². The van der Waals surface area contributed by atoms with Crippen LogP contribution in [0.25, 0.3) is 10.8 Å². The molecule has 23 heavy (non-hydrogen) atoms. The van der Waals surface area contributed by atoms with Gasteiger partial charge < -0.3 is 10.4 Å². The molecule has 0 aliphatic heterocycles. The summed E-state index contributed by atoms with van der Waals surface area (Å²) in [4.78, 5) is 23.4. The molecule has 1 heterocycles. The lowest BCUT2D eigenvalue weighted by Crippen LogP contribution is -2.18. The fourth-order valence-electron chi connectivity index (χ4n) is 2.36. The minimum atomic E-state index is -0.991. The van der Waals surface area contributed by atoms with Gasteiger partial charge in [0, 0.05) is 5.39 Å². The van der Waals surface area contributed by atoms with Gasteiger partial charge in [0.05, 0.1) is 10.7 Å². The zero-order valence-electron chi connectivity index (χ0n) is 12.3. The topological polar surface area (TPSA) is 78.4 Å². The van der Waals surface area contributed by atoms with Crippen LogP contribution >= 0.6 is 11.3 Å². The molecule has 3 aromatic rings. The Kier molecular flexibility index (Phi) is 3.99. The van der Waals surface area contributed by atoms with Crippen molar-refractivity contribution in [2.75, 3.05) is 10.6 Å². The normalized spacial score (nSPS) is 10.5. The summed E-state index contributed by atoms with van der Waals surface area (Å²) in [5.41, 5.74) is 1.33. The number of carbonyl (C=O) groups is 2. The van der Waals surface area contributed by atoms with E-state index >= 15 is 0 Å². The number of carboxylic acid groups (broad SMARTS) is 1. The van der Waals surface area contributed by atoms with E-state index < -0.39 is 12.0 Å². The maximum atomic E-state index is 12.2. The van der Waals surface area contributed by atoms with Crippen molar-refractivity contribution in [3.8, 4) is 0 Å². The lowest BCUT2D eigenvalue weighted by atomic mass is 10.1. The van der Waals surface area contributed by atoms with E-state index in [9.17, 15) is 9.59 Å². The molecule has 2 aromatic carbocycles. The Hall–Kier alpha value is -2.86. The zero-order chi connectivity index (χ0) is 16.4. The molecule has 0 aliphatic carbocycles. The molecule has 0 saturated carbocycles. The van der Waals surface area contributed by atoms with Gasteiger partial charge in [-0.25, -0.2) is 9.59 Å². The number of nitrogens with one attached hydrogen (secondary N) is 2. The minimum Gasteiger partial charge on any atom is -0.477 e. The second-order valence-corrected chi connectivity index (χ2v) is 6.09. The number of carboxylic acids is 1. The van der Waals surface area contributed by atoms with Crippen LogP contribution in [0.4, 0.5) is 15.5 Å². The van der Waals surface area contributed by atoms with Crippen molar-refractivity contribution in [2.24, 2.45) is 0 Å². The Morgan fingerprint density at radius 1 is 1.04 bits per heavy atom. The van der Waals surface area contributed by atoms with Crippen molar-refractivity contribution in [3.63, 3.8) is 0 Å². The monoisotopic (exact) mass is 326 g/mol. The van der Waals surface area contributed by atoms with E-state index in [1.807, 2.05) is 42.5 Å². The lowest BCUT2D eigenvalue weighted by Gasteiger charge is -2.09. The third-order valence-electron chi connectivity index (χ3n) is 3.39. The van der Waals surface area contributed by atoms with E-state index in [0.29, 0.717) is 16.3 Å². The van der Waals surface area contributed by atoms with Gasteiger partial charge in [-0.15, -0.1) is 11.3 Å². The standard InChI is InChI=1S/C17H14N2O3S/c1-10-9-14(23-15(10)16(20)21)19-17(22)18-13-8-4-6-11-5-2-3-7-12(11)13/h2-9H,1H3,(H,20,21)(H2,18,19,22). The number of hydrogen-bond acceptors (Lipinski definition) is 3. The molecule has 0 aliphatic rings. The molecule has 0 spiro atoms. The average molecular weight is 326 g/mol. The highest BCUT2D eigenvalue weighted by Crippen LogP contribution is 2.27. The van der Waals surface area contributed by atoms with Crippen molar-refractivity contribution < 1.29 is 14.7 Å². The van der Waals surface area contributed by atoms with Gasteiger partial charge in [0.2, 0.25) is 0 Å². The van der Waals surface area contributed by atoms with Crippen LogP contribution in [-0.2, 0) is 0 Å². The molecule has 0 radical (unpaired) electrons. The van der Waals surface area contributed by atoms with Crippen LogP contribution < -0.4 is 10.6 Å². The van der Waals surface area contributed by atoms with Gasteiger partial charge in [-0.2, -0.15) is 0 Å². The van der Waals surface area contributed by atoms with Crippen LogP contribution in [-0.4, -0.2) is 17.1 Å². The van der Waals surface area contributed by atoms with E-state index in [-0.39, 0.29) is 4.88 Å². The van der Waals surface area contributed by atoms with Gasteiger partial charge in [-0.3, -0.25) is 5.32 Å². The number of urea groups is 1. The van der Waals surface area contributed by atoms with Crippen molar-refractivity contribution in [1.29, 1.82) is 0 Å². The second-order valence-electron chi connectivity index (χ2n) is 5.03. The number of aryl methyl sites for hydroxylation is 1. The number of carbonyl (C=O) groups excluding carboxylic acids is 1. The van der Waals surface area contributed by atoms with Crippen molar-refractivity contribution in [3.05, 3.63) is 59.0 Å². The Bertz CT molecular complexity index is 896. The number of benzene rings is 2. The quantitative estimate of drug-likeness (QED) is 0.660. The second kappa shape index (κ2) is 6.10. The molecule has 0 saturated heterocycles. The molecule has 6 heteroatoms. The Labute approximate surface area is 136 Å². The van der Waals surface area contributed by atoms with E-state index in [4.69, 9.17) is 5.11 Å². The first-order valence-electron chi connectivity index (χ1n) is 6.94. The van der Waals surface area contributed by atoms with Crippen LogP contribution in [0.1, 0.15) is 15.2 Å². The van der Waals surface area contributed by atoms with Gasteiger partial charge in [0.25, 0.3) is 0 Å². The largest absolute Gasteiger partial charge is 0.477 e. The number of aromatic carboxylic acids is 1. The molecule has 0 atom stereocenters. The first-order chi connectivity index (χ1) is 11.0. The number of fused-ring (bicyclic) bond motifs is 1. The maximum Gasteiger partial charge on any atom is 0.346 e. The van der Waals surface area contributed by atoms with Crippen LogP contribution in [0.5, 0.6) is 0 Å². The summed E-state index contributed by atoms with van der Waals surface area (Å²) in [6, 6.07) is 14.7. The predicted molar refractivity (Wildman–Crippen MR) is 92.6 cm³/mol. The molecule has 1 aromatic heterocycles. The SMILES string of the molecule is Cc1cc(NC(=O)Nc2cccc3ccccc23)sc1C(=O)O. The van der Waals surface area contributed by atoms with Gasteiger partial charge in [-0.05, 0) is 30.0 Å². The van der Waals surface area contributed by atoms with Crippen LogP contribution in [0, 0.1) is 6.92 Å². The van der Waals surface area contributed by atoms with E-state index in [1.54, 1.807) is 13.0 Å². The Balaban J connectivity index is 1.79. The Morgan fingerprint density at radius 2 is 1.78 bits per heavy atom. The van der Waals surface area contributed by atoms with Crippen molar-refractivity contribution >= 4 is 44.8 Å². The minimum absolute atomic E-state index is 0.227. The smallest absolute Gasteiger partial charge is 0.346 e. The molecular formula is C17H14N2O3S. The van der Waals surface area contributed by atoms with Gasteiger partial charge >= 0.3 is 12.0 Å². The third-order valence-corrected chi connectivity index (χ3v) is 4.53. The predicted octanol–water partition coefficient (Wildman–Crippen LogP) is 4.55.